The maximum atomic E-state index is 12.1. The van der Waals surface area contributed by atoms with Gasteiger partial charge in [-0.05, 0) is 33.3 Å². The van der Waals surface area contributed by atoms with Gasteiger partial charge in [0, 0.05) is 13.0 Å². The van der Waals surface area contributed by atoms with Gasteiger partial charge >= 0.3 is 0 Å². The quantitative estimate of drug-likeness (QED) is 0.884. The first-order valence-corrected chi connectivity index (χ1v) is 6.98. The number of hydrogen-bond donors (Lipinski definition) is 2. The maximum absolute atomic E-state index is 12.1. The monoisotopic (exact) mass is 276 g/mol. The van der Waals surface area contributed by atoms with Crippen LogP contribution in [0.5, 0.6) is 0 Å². The highest BCUT2D eigenvalue weighted by molar-refractivity contribution is 5.87. The zero-order chi connectivity index (χ0) is 15.0. The lowest BCUT2D eigenvalue weighted by Gasteiger charge is -2.38. The zero-order valence-corrected chi connectivity index (χ0v) is 12.7. The third kappa shape index (κ3) is 2.58. The third-order valence-corrected chi connectivity index (χ3v) is 4.11. The van der Waals surface area contributed by atoms with Crippen molar-refractivity contribution in [3.63, 3.8) is 0 Å². The van der Waals surface area contributed by atoms with E-state index >= 15 is 0 Å². The number of carbonyl (C=O) groups excluding carboxylic acids is 1. The molecular formula is C16H24N2O2. The van der Waals surface area contributed by atoms with E-state index < -0.39 is 11.1 Å². The minimum Gasteiger partial charge on any atom is -0.368 e. The Morgan fingerprint density at radius 3 is 2.30 bits per heavy atom. The van der Waals surface area contributed by atoms with Crippen LogP contribution in [0, 0.1) is 0 Å². The van der Waals surface area contributed by atoms with Gasteiger partial charge in [-0.1, -0.05) is 30.3 Å². The van der Waals surface area contributed by atoms with Crippen molar-refractivity contribution in [1.29, 1.82) is 0 Å². The number of primary amides is 1. The van der Waals surface area contributed by atoms with Gasteiger partial charge in [-0.3, -0.25) is 10.1 Å². The molecule has 1 amide bonds. The predicted molar refractivity (Wildman–Crippen MR) is 79.1 cm³/mol. The fourth-order valence-electron chi connectivity index (χ4n) is 3.26. The number of amides is 1. The van der Waals surface area contributed by atoms with Crippen molar-refractivity contribution in [1.82, 2.24) is 5.32 Å². The molecule has 0 radical (unpaired) electrons. The number of rotatable bonds is 4. The zero-order valence-electron chi connectivity index (χ0n) is 12.7. The normalized spacial score (nSPS) is 27.4. The summed E-state index contributed by atoms with van der Waals surface area (Å²) < 4.78 is 6.04. The lowest BCUT2D eigenvalue weighted by atomic mass is 9.78. The molecule has 110 valence electrons. The first kappa shape index (κ1) is 15.0. The molecule has 1 aromatic carbocycles. The average molecular weight is 276 g/mol. The second-order valence-corrected chi connectivity index (χ2v) is 6.66. The van der Waals surface area contributed by atoms with Crippen LogP contribution in [0.15, 0.2) is 30.3 Å². The van der Waals surface area contributed by atoms with Crippen LogP contribution < -0.4 is 11.1 Å². The summed E-state index contributed by atoms with van der Waals surface area (Å²) in [5.41, 5.74) is 4.96. The van der Waals surface area contributed by atoms with Crippen molar-refractivity contribution in [3.8, 4) is 0 Å². The molecule has 1 atom stereocenters. The van der Waals surface area contributed by atoms with Crippen LogP contribution in [0.25, 0.3) is 0 Å². The maximum Gasteiger partial charge on any atom is 0.240 e. The van der Waals surface area contributed by atoms with Gasteiger partial charge in [0.15, 0.2) is 0 Å². The van der Waals surface area contributed by atoms with E-state index in [1.165, 1.54) is 0 Å². The first-order valence-electron chi connectivity index (χ1n) is 6.98. The Balaban J connectivity index is 2.25. The van der Waals surface area contributed by atoms with Gasteiger partial charge in [0.05, 0.1) is 11.2 Å². The molecule has 20 heavy (non-hydrogen) atoms. The molecule has 4 heteroatoms. The summed E-state index contributed by atoms with van der Waals surface area (Å²) in [6.45, 7) is 8.41. The molecule has 0 bridgehead atoms. The molecule has 4 nitrogen and oxygen atoms in total. The van der Waals surface area contributed by atoms with Gasteiger partial charge in [0.2, 0.25) is 5.91 Å². The number of benzene rings is 1. The topological polar surface area (TPSA) is 64.3 Å². The lowest BCUT2D eigenvalue weighted by molar-refractivity contribution is -0.133. The summed E-state index contributed by atoms with van der Waals surface area (Å²) in [4.78, 5) is 12.1. The highest BCUT2D eigenvalue weighted by atomic mass is 16.5. The second-order valence-electron chi connectivity index (χ2n) is 6.66. The summed E-state index contributed by atoms with van der Waals surface area (Å²) in [5, 5.41) is 3.36. The standard InChI is InChI=1S/C16H24N2O2/c1-14(2)11-16(13(17)19,15(3,4)20-14)18-10-12-8-6-5-7-9-12/h5-9,18H,10-11H2,1-4H3,(H2,17,19). The number of nitrogens with one attached hydrogen (secondary N) is 1. The fraction of sp³-hybridized carbons (Fsp3) is 0.562. The summed E-state index contributed by atoms with van der Waals surface area (Å²) in [6, 6.07) is 9.98. The van der Waals surface area contributed by atoms with Crippen molar-refractivity contribution in [2.45, 2.75) is 57.4 Å². The van der Waals surface area contributed by atoms with E-state index in [1.54, 1.807) is 0 Å². The summed E-state index contributed by atoms with van der Waals surface area (Å²) in [6.07, 6.45) is 0.565. The first-order chi connectivity index (χ1) is 9.19. The second kappa shape index (κ2) is 4.86. The van der Waals surface area contributed by atoms with Crippen molar-refractivity contribution in [2.24, 2.45) is 5.73 Å². The summed E-state index contributed by atoms with van der Waals surface area (Å²) >= 11 is 0. The van der Waals surface area contributed by atoms with Crippen LogP contribution in [0.4, 0.5) is 0 Å². The van der Waals surface area contributed by atoms with E-state index in [-0.39, 0.29) is 11.5 Å². The van der Waals surface area contributed by atoms with Crippen LogP contribution in [0.2, 0.25) is 0 Å². The van der Waals surface area contributed by atoms with Crippen LogP contribution >= 0.6 is 0 Å². The molecule has 0 aromatic heterocycles. The van der Waals surface area contributed by atoms with Crippen LogP contribution in [-0.2, 0) is 16.1 Å². The van der Waals surface area contributed by atoms with Crippen LogP contribution in [0.3, 0.4) is 0 Å². The third-order valence-electron chi connectivity index (χ3n) is 4.11. The smallest absolute Gasteiger partial charge is 0.240 e. The minimum absolute atomic E-state index is 0.357. The van der Waals surface area contributed by atoms with Crippen molar-refractivity contribution in [2.75, 3.05) is 0 Å². The van der Waals surface area contributed by atoms with Crippen LogP contribution in [-0.4, -0.2) is 22.6 Å². The van der Waals surface area contributed by atoms with Gasteiger partial charge < -0.3 is 10.5 Å². The highest BCUT2D eigenvalue weighted by Gasteiger charge is 2.60. The molecule has 3 N–H and O–H groups in total. The van der Waals surface area contributed by atoms with Gasteiger partial charge in [0.25, 0.3) is 0 Å². The molecule has 1 heterocycles. The molecule has 1 fully saturated rings. The molecule has 1 unspecified atom stereocenters. The summed E-state index contributed by atoms with van der Waals surface area (Å²) in [7, 11) is 0. The Hall–Kier alpha value is -1.39. The molecule has 1 aliphatic heterocycles. The van der Waals surface area contributed by atoms with Gasteiger partial charge in [-0.2, -0.15) is 0 Å². The molecule has 1 saturated heterocycles. The predicted octanol–water partition coefficient (Wildman–Crippen LogP) is 1.98. The molecule has 1 aromatic rings. The Labute approximate surface area is 120 Å². The Morgan fingerprint density at radius 2 is 1.85 bits per heavy atom. The van der Waals surface area contributed by atoms with Crippen molar-refractivity contribution < 1.29 is 9.53 Å². The summed E-state index contributed by atoms with van der Waals surface area (Å²) in [5.74, 6) is -0.357. The van der Waals surface area contributed by atoms with E-state index in [9.17, 15) is 4.79 Å². The van der Waals surface area contributed by atoms with Crippen molar-refractivity contribution in [3.05, 3.63) is 35.9 Å². The number of ether oxygens (including phenoxy) is 1. The van der Waals surface area contributed by atoms with E-state index in [4.69, 9.17) is 10.5 Å². The molecule has 0 saturated carbocycles. The number of hydrogen-bond acceptors (Lipinski definition) is 3. The SMILES string of the molecule is CC1(C)CC(NCc2ccccc2)(C(N)=O)C(C)(C)O1. The van der Waals surface area contributed by atoms with E-state index in [0.717, 1.165) is 5.56 Å². The van der Waals surface area contributed by atoms with Crippen LogP contribution in [0.1, 0.15) is 39.7 Å². The van der Waals surface area contributed by atoms with Crippen molar-refractivity contribution >= 4 is 5.91 Å². The van der Waals surface area contributed by atoms with Gasteiger partial charge in [-0.25, -0.2) is 0 Å². The fourth-order valence-corrected chi connectivity index (χ4v) is 3.26. The van der Waals surface area contributed by atoms with E-state index in [2.05, 4.69) is 5.32 Å². The Kier molecular flexibility index (Phi) is 3.65. The largest absolute Gasteiger partial charge is 0.368 e. The average Bonchev–Trinajstić information content (AvgIpc) is 2.53. The minimum atomic E-state index is -0.855. The Morgan fingerprint density at radius 1 is 1.25 bits per heavy atom. The molecule has 2 rings (SSSR count). The molecule has 0 aliphatic carbocycles. The lowest BCUT2D eigenvalue weighted by Crippen LogP contribution is -2.64. The highest BCUT2D eigenvalue weighted by Crippen LogP contribution is 2.45. The van der Waals surface area contributed by atoms with Gasteiger partial charge in [0.1, 0.15) is 5.54 Å². The molecule has 0 spiro atoms. The van der Waals surface area contributed by atoms with Gasteiger partial charge in [-0.15, -0.1) is 0 Å². The van der Waals surface area contributed by atoms with E-state index in [0.29, 0.717) is 13.0 Å². The number of carbonyl (C=O) groups is 1. The molecule has 1 aliphatic rings. The number of nitrogens with two attached hydrogens (primary N) is 1. The van der Waals surface area contributed by atoms with E-state index in [1.807, 2.05) is 58.0 Å². The molecular weight excluding hydrogens is 252 g/mol. The Bertz CT molecular complexity index is 496.